The van der Waals surface area contributed by atoms with E-state index in [9.17, 15) is 9.59 Å². The first-order chi connectivity index (χ1) is 9.08. The van der Waals surface area contributed by atoms with Gasteiger partial charge in [0, 0.05) is 11.7 Å². The van der Waals surface area contributed by atoms with E-state index >= 15 is 0 Å². The molecule has 0 spiro atoms. The van der Waals surface area contributed by atoms with Crippen LogP contribution in [0.1, 0.15) is 19.8 Å². The fraction of sp³-hybridized carbons (Fsp3) is 0.429. The number of hydrogen-bond acceptors (Lipinski definition) is 3. The number of nitrogens with one attached hydrogen (secondary N) is 1. The van der Waals surface area contributed by atoms with E-state index in [0.29, 0.717) is 0 Å². The number of anilines is 1. The van der Waals surface area contributed by atoms with Crippen molar-refractivity contribution in [1.29, 1.82) is 0 Å². The van der Waals surface area contributed by atoms with Crippen molar-refractivity contribution in [1.82, 2.24) is 4.90 Å². The molecule has 1 aromatic rings. The van der Waals surface area contributed by atoms with E-state index < -0.39 is 12.0 Å². The first kappa shape index (κ1) is 13.5. The second-order valence-corrected chi connectivity index (χ2v) is 4.83. The second kappa shape index (κ2) is 5.84. The topological polar surface area (TPSA) is 69.6 Å². The third kappa shape index (κ3) is 3.79. The third-order valence-electron chi connectivity index (χ3n) is 3.25. The molecule has 0 heterocycles. The summed E-state index contributed by atoms with van der Waals surface area (Å²) in [6.45, 7) is 1.74. The minimum absolute atomic E-state index is 0.118. The zero-order valence-corrected chi connectivity index (χ0v) is 10.9. The Morgan fingerprint density at radius 3 is 2.53 bits per heavy atom. The van der Waals surface area contributed by atoms with E-state index in [1.807, 2.05) is 18.2 Å². The average Bonchev–Trinajstić information content (AvgIpc) is 3.20. The fourth-order valence-electron chi connectivity index (χ4n) is 2.02. The lowest BCUT2D eigenvalue weighted by Gasteiger charge is -2.25. The Labute approximate surface area is 112 Å². The van der Waals surface area contributed by atoms with Crippen LogP contribution < -0.4 is 5.32 Å². The number of aliphatic carboxylic acids is 1. The highest BCUT2D eigenvalue weighted by Crippen LogP contribution is 2.28. The number of carbonyl (C=O) groups is 2. The van der Waals surface area contributed by atoms with Gasteiger partial charge in [-0.1, -0.05) is 18.2 Å². The Morgan fingerprint density at radius 1 is 1.37 bits per heavy atom. The number of nitrogens with zero attached hydrogens (tertiary/aromatic N) is 1. The normalized spacial score (nSPS) is 16.1. The Morgan fingerprint density at radius 2 is 2.00 bits per heavy atom. The number of para-hydroxylation sites is 1. The lowest BCUT2D eigenvalue weighted by molar-refractivity contribution is -0.143. The summed E-state index contributed by atoms with van der Waals surface area (Å²) >= 11 is 0. The van der Waals surface area contributed by atoms with Gasteiger partial charge in [-0.15, -0.1) is 0 Å². The van der Waals surface area contributed by atoms with Crippen LogP contribution in [0.15, 0.2) is 30.3 Å². The van der Waals surface area contributed by atoms with Crippen molar-refractivity contribution in [3.63, 3.8) is 0 Å². The maximum absolute atomic E-state index is 11.9. The first-order valence-electron chi connectivity index (χ1n) is 6.41. The second-order valence-electron chi connectivity index (χ2n) is 4.83. The molecule has 102 valence electrons. The molecule has 1 atom stereocenters. The Balaban J connectivity index is 1.94. The molecule has 0 radical (unpaired) electrons. The van der Waals surface area contributed by atoms with Gasteiger partial charge in [0.05, 0.1) is 6.54 Å². The van der Waals surface area contributed by atoms with Crippen LogP contribution in [-0.2, 0) is 9.59 Å². The standard InChI is InChI=1S/C14H18N2O3/c1-10(14(18)19)16(12-7-8-12)9-13(17)15-11-5-3-2-4-6-11/h2-6,10,12H,7-9H2,1H3,(H,15,17)(H,18,19). The molecule has 1 fully saturated rings. The fourth-order valence-corrected chi connectivity index (χ4v) is 2.02. The largest absolute Gasteiger partial charge is 0.480 e. The molecule has 0 aromatic heterocycles. The molecule has 5 nitrogen and oxygen atoms in total. The number of carboxylic acids is 1. The van der Waals surface area contributed by atoms with Gasteiger partial charge in [-0.3, -0.25) is 14.5 Å². The van der Waals surface area contributed by atoms with Crippen molar-refractivity contribution in [3.05, 3.63) is 30.3 Å². The summed E-state index contributed by atoms with van der Waals surface area (Å²) in [4.78, 5) is 24.7. The maximum atomic E-state index is 11.9. The Kier molecular flexibility index (Phi) is 4.16. The minimum Gasteiger partial charge on any atom is -0.480 e. The lowest BCUT2D eigenvalue weighted by Crippen LogP contribution is -2.44. The van der Waals surface area contributed by atoms with E-state index in [-0.39, 0.29) is 18.5 Å². The molecule has 1 aliphatic rings. The van der Waals surface area contributed by atoms with Crippen molar-refractivity contribution >= 4 is 17.6 Å². The highest BCUT2D eigenvalue weighted by Gasteiger charge is 2.36. The van der Waals surface area contributed by atoms with Crippen LogP contribution in [0.3, 0.4) is 0 Å². The highest BCUT2D eigenvalue weighted by molar-refractivity contribution is 5.92. The van der Waals surface area contributed by atoms with Gasteiger partial charge >= 0.3 is 5.97 Å². The summed E-state index contributed by atoms with van der Waals surface area (Å²) < 4.78 is 0. The molecular formula is C14H18N2O3. The first-order valence-corrected chi connectivity index (χ1v) is 6.41. The minimum atomic E-state index is -0.889. The predicted molar refractivity (Wildman–Crippen MR) is 71.9 cm³/mol. The zero-order valence-electron chi connectivity index (χ0n) is 10.9. The molecule has 2 rings (SSSR count). The van der Waals surface area contributed by atoms with Crippen LogP contribution >= 0.6 is 0 Å². The summed E-state index contributed by atoms with van der Waals surface area (Å²) in [6, 6.07) is 8.77. The van der Waals surface area contributed by atoms with E-state index in [4.69, 9.17) is 5.11 Å². The molecular weight excluding hydrogens is 244 g/mol. The summed E-state index contributed by atoms with van der Waals surface area (Å²) in [5.41, 5.74) is 0.728. The highest BCUT2D eigenvalue weighted by atomic mass is 16.4. The van der Waals surface area contributed by atoms with Gasteiger partial charge in [-0.25, -0.2) is 0 Å². The van der Waals surface area contributed by atoms with Gasteiger partial charge in [0.1, 0.15) is 6.04 Å². The van der Waals surface area contributed by atoms with Gasteiger partial charge in [0.25, 0.3) is 0 Å². The van der Waals surface area contributed by atoms with Crippen LogP contribution in [0.25, 0.3) is 0 Å². The SMILES string of the molecule is CC(C(=O)O)N(CC(=O)Nc1ccccc1)C1CC1. The van der Waals surface area contributed by atoms with E-state index in [1.54, 1.807) is 24.0 Å². The van der Waals surface area contributed by atoms with Crippen LogP contribution in [0.4, 0.5) is 5.69 Å². The summed E-state index contributed by atoms with van der Waals surface area (Å²) in [6.07, 6.45) is 1.94. The molecule has 0 saturated heterocycles. The third-order valence-corrected chi connectivity index (χ3v) is 3.25. The molecule has 1 saturated carbocycles. The van der Waals surface area contributed by atoms with Gasteiger partial charge < -0.3 is 10.4 Å². The van der Waals surface area contributed by atoms with Crippen LogP contribution in [0, 0.1) is 0 Å². The Bertz CT molecular complexity index is 457. The van der Waals surface area contributed by atoms with Crippen LogP contribution in [-0.4, -0.2) is 40.5 Å². The van der Waals surface area contributed by atoms with Crippen molar-refractivity contribution in [3.8, 4) is 0 Å². The summed E-state index contributed by atoms with van der Waals surface area (Å²) in [5, 5.41) is 11.8. The average molecular weight is 262 g/mol. The summed E-state index contributed by atoms with van der Waals surface area (Å²) in [7, 11) is 0. The van der Waals surface area contributed by atoms with Crippen molar-refractivity contribution < 1.29 is 14.7 Å². The lowest BCUT2D eigenvalue weighted by atomic mass is 10.2. The molecule has 0 bridgehead atoms. The number of hydrogen-bond donors (Lipinski definition) is 2. The van der Waals surface area contributed by atoms with E-state index in [2.05, 4.69) is 5.32 Å². The quantitative estimate of drug-likeness (QED) is 0.816. The van der Waals surface area contributed by atoms with Gasteiger partial charge in [0.15, 0.2) is 0 Å². The van der Waals surface area contributed by atoms with Crippen molar-refractivity contribution in [2.24, 2.45) is 0 Å². The van der Waals surface area contributed by atoms with Crippen molar-refractivity contribution in [2.45, 2.75) is 31.8 Å². The van der Waals surface area contributed by atoms with Gasteiger partial charge in [-0.2, -0.15) is 0 Å². The van der Waals surface area contributed by atoms with Crippen LogP contribution in [0.2, 0.25) is 0 Å². The van der Waals surface area contributed by atoms with Crippen molar-refractivity contribution in [2.75, 3.05) is 11.9 Å². The predicted octanol–water partition coefficient (Wildman–Crippen LogP) is 1.56. The smallest absolute Gasteiger partial charge is 0.320 e. The Hall–Kier alpha value is -1.88. The molecule has 19 heavy (non-hydrogen) atoms. The van der Waals surface area contributed by atoms with E-state index in [1.165, 1.54) is 0 Å². The number of carboxylic acid groups (broad SMARTS) is 1. The molecule has 1 aliphatic carbocycles. The molecule has 1 aromatic carbocycles. The molecule has 5 heteroatoms. The van der Waals surface area contributed by atoms with Gasteiger partial charge in [0.2, 0.25) is 5.91 Å². The maximum Gasteiger partial charge on any atom is 0.320 e. The molecule has 1 amide bonds. The number of rotatable bonds is 6. The van der Waals surface area contributed by atoms with Crippen LogP contribution in [0.5, 0.6) is 0 Å². The van der Waals surface area contributed by atoms with Gasteiger partial charge in [-0.05, 0) is 31.9 Å². The summed E-state index contributed by atoms with van der Waals surface area (Å²) in [5.74, 6) is -1.06. The monoisotopic (exact) mass is 262 g/mol. The molecule has 0 aliphatic heterocycles. The molecule has 2 N–H and O–H groups in total. The molecule has 1 unspecified atom stereocenters. The number of benzene rings is 1. The zero-order chi connectivity index (χ0) is 13.8. The number of carbonyl (C=O) groups excluding carboxylic acids is 1. The van der Waals surface area contributed by atoms with E-state index in [0.717, 1.165) is 18.5 Å². The number of amides is 1.